The van der Waals surface area contributed by atoms with E-state index in [1.165, 1.54) is 24.9 Å². The first-order chi connectivity index (χ1) is 13.0. The van der Waals surface area contributed by atoms with E-state index in [-0.39, 0.29) is 11.7 Å². The van der Waals surface area contributed by atoms with Gasteiger partial charge in [0.2, 0.25) is 5.95 Å². The number of ketones is 1. The first kappa shape index (κ1) is 18.3. The molecule has 1 heterocycles. The lowest BCUT2D eigenvalue weighted by Gasteiger charge is -2.09. The Morgan fingerprint density at radius 2 is 1.70 bits per heavy atom. The van der Waals surface area contributed by atoms with Crippen molar-refractivity contribution in [2.24, 2.45) is 0 Å². The molecule has 6 nitrogen and oxygen atoms in total. The van der Waals surface area contributed by atoms with Gasteiger partial charge in [0.1, 0.15) is 0 Å². The van der Waals surface area contributed by atoms with Crippen molar-refractivity contribution in [1.29, 1.82) is 0 Å². The summed E-state index contributed by atoms with van der Waals surface area (Å²) in [7, 11) is 0. The minimum absolute atomic E-state index is 0.0569. The van der Waals surface area contributed by atoms with Crippen LogP contribution in [0.1, 0.15) is 38.8 Å². The Hall–Kier alpha value is -3.54. The van der Waals surface area contributed by atoms with E-state index in [4.69, 9.17) is 0 Å². The van der Waals surface area contributed by atoms with Crippen LogP contribution in [0.5, 0.6) is 0 Å². The van der Waals surface area contributed by atoms with Gasteiger partial charge < -0.3 is 10.6 Å². The molecule has 1 aromatic heterocycles. The molecular weight excluding hydrogens is 340 g/mol. The summed E-state index contributed by atoms with van der Waals surface area (Å²) in [5.41, 5.74) is 3.78. The average Bonchev–Trinajstić information content (AvgIpc) is 2.68. The molecule has 27 heavy (non-hydrogen) atoms. The lowest BCUT2D eigenvalue weighted by atomic mass is 10.1. The molecule has 0 fully saturated rings. The van der Waals surface area contributed by atoms with Crippen molar-refractivity contribution in [1.82, 2.24) is 9.97 Å². The van der Waals surface area contributed by atoms with E-state index in [0.717, 1.165) is 5.56 Å². The molecule has 2 N–H and O–H groups in total. The van der Waals surface area contributed by atoms with Crippen LogP contribution in [-0.4, -0.2) is 21.7 Å². The Balaban J connectivity index is 1.63. The fourth-order valence-electron chi connectivity index (χ4n) is 2.54. The molecule has 2 aromatic carbocycles. The number of hydrogen-bond acceptors (Lipinski definition) is 5. The Kier molecular flexibility index (Phi) is 5.56. The highest BCUT2D eigenvalue weighted by Gasteiger charge is 2.09. The number of aryl methyl sites for hydroxylation is 1. The quantitative estimate of drug-likeness (QED) is 0.652. The minimum atomic E-state index is -0.332. The van der Waals surface area contributed by atoms with Crippen molar-refractivity contribution in [3.05, 3.63) is 83.2 Å². The topological polar surface area (TPSA) is 84.0 Å². The van der Waals surface area contributed by atoms with Crippen LogP contribution in [0.4, 0.5) is 11.6 Å². The summed E-state index contributed by atoms with van der Waals surface area (Å²) in [6, 6.07) is 14.9. The number of anilines is 2. The predicted octanol–water partition coefficient (Wildman–Crippen LogP) is 3.85. The van der Waals surface area contributed by atoms with Crippen molar-refractivity contribution in [3.63, 3.8) is 0 Å². The standard InChI is InChI=1S/C21H20N4O2/c1-14-6-3-4-7-17(14)11-22-21-23-12-18(13-24-21)20(27)25-19-9-5-8-16(10-19)15(2)26/h3-10,12-13H,11H2,1-2H3,(H,25,27)(H,22,23,24). The monoisotopic (exact) mass is 360 g/mol. The summed E-state index contributed by atoms with van der Waals surface area (Å²) in [6.07, 6.45) is 2.94. The lowest BCUT2D eigenvalue weighted by Crippen LogP contribution is -2.14. The predicted molar refractivity (Wildman–Crippen MR) is 105 cm³/mol. The summed E-state index contributed by atoms with van der Waals surface area (Å²) in [5.74, 6) is 0.0630. The van der Waals surface area contributed by atoms with E-state index in [2.05, 4.69) is 20.6 Å². The Labute approximate surface area is 157 Å². The number of carbonyl (C=O) groups is 2. The molecule has 0 saturated carbocycles. The number of rotatable bonds is 6. The zero-order valence-electron chi connectivity index (χ0n) is 15.2. The number of Topliss-reactive ketones (excluding diaryl/α,β-unsaturated/α-hetero) is 1. The van der Waals surface area contributed by atoms with E-state index in [1.807, 2.05) is 31.2 Å². The van der Waals surface area contributed by atoms with Gasteiger partial charge in [-0.15, -0.1) is 0 Å². The van der Waals surface area contributed by atoms with E-state index >= 15 is 0 Å². The molecule has 0 aliphatic heterocycles. The number of nitrogens with one attached hydrogen (secondary N) is 2. The molecule has 0 bridgehead atoms. The number of benzene rings is 2. The number of aromatic nitrogens is 2. The molecule has 3 aromatic rings. The molecule has 0 aliphatic rings. The van der Waals surface area contributed by atoms with Crippen LogP contribution in [0.15, 0.2) is 60.9 Å². The van der Waals surface area contributed by atoms with Crippen LogP contribution in [0.25, 0.3) is 0 Å². The highest BCUT2D eigenvalue weighted by molar-refractivity contribution is 6.04. The number of nitrogens with zero attached hydrogens (tertiary/aromatic N) is 2. The summed E-state index contributed by atoms with van der Waals surface area (Å²) in [4.78, 5) is 32.2. The SMILES string of the molecule is CC(=O)c1cccc(NC(=O)c2cnc(NCc3ccccc3C)nc2)c1. The second-order valence-corrected chi connectivity index (χ2v) is 6.17. The maximum Gasteiger partial charge on any atom is 0.258 e. The van der Waals surface area contributed by atoms with Crippen molar-refractivity contribution in [3.8, 4) is 0 Å². The third kappa shape index (κ3) is 4.76. The number of amides is 1. The van der Waals surface area contributed by atoms with Crippen LogP contribution in [0.2, 0.25) is 0 Å². The van der Waals surface area contributed by atoms with Gasteiger partial charge >= 0.3 is 0 Å². The van der Waals surface area contributed by atoms with Gasteiger partial charge in [0, 0.05) is 30.2 Å². The van der Waals surface area contributed by atoms with Crippen molar-refractivity contribution in [2.75, 3.05) is 10.6 Å². The van der Waals surface area contributed by atoms with Gasteiger partial charge in [0.05, 0.1) is 5.56 Å². The molecule has 6 heteroatoms. The molecule has 1 amide bonds. The Bertz CT molecular complexity index is 968. The fraction of sp³-hybridized carbons (Fsp3) is 0.143. The van der Waals surface area contributed by atoms with Crippen LogP contribution >= 0.6 is 0 Å². The van der Waals surface area contributed by atoms with E-state index in [0.29, 0.717) is 29.3 Å². The molecule has 3 rings (SSSR count). The summed E-state index contributed by atoms with van der Waals surface area (Å²) < 4.78 is 0. The third-order valence-electron chi connectivity index (χ3n) is 4.14. The van der Waals surface area contributed by atoms with Gasteiger partial charge in [-0.3, -0.25) is 9.59 Å². The second-order valence-electron chi connectivity index (χ2n) is 6.17. The molecule has 0 saturated heterocycles. The molecule has 136 valence electrons. The lowest BCUT2D eigenvalue weighted by molar-refractivity contribution is 0.101. The van der Waals surface area contributed by atoms with Gasteiger partial charge in [0.15, 0.2) is 5.78 Å². The first-order valence-electron chi connectivity index (χ1n) is 8.56. The molecule has 0 unspecified atom stereocenters. The summed E-state index contributed by atoms with van der Waals surface area (Å²) in [5, 5.41) is 5.89. The zero-order valence-corrected chi connectivity index (χ0v) is 15.2. The van der Waals surface area contributed by atoms with Crippen LogP contribution in [0, 0.1) is 6.92 Å². The van der Waals surface area contributed by atoms with Gasteiger partial charge in [-0.1, -0.05) is 36.4 Å². The van der Waals surface area contributed by atoms with Crippen molar-refractivity contribution in [2.45, 2.75) is 20.4 Å². The summed E-state index contributed by atoms with van der Waals surface area (Å²) >= 11 is 0. The van der Waals surface area contributed by atoms with Gasteiger partial charge in [0.25, 0.3) is 5.91 Å². The van der Waals surface area contributed by atoms with E-state index in [1.54, 1.807) is 24.3 Å². The highest BCUT2D eigenvalue weighted by atomic mass is 16.1. The van der Waals surface area contributed by atoms with Crippen molar-refractivity contribution >= 4 is 23.3 Å². The molecule has 0 radical (unpaired) electrons. The second kappa shape index (κ2) is 8.23. The van der Waals surface area contributed by atoms with Gasteiger partial charge in [-0.05, 0) is 37.1 Å². The first-order valence-corrected chi connectivity index (χ1v) is 8.56. The minimum Gasteiger partial charge on any atom is -0.350 e. The molecule has 0 aliphatic carbocycles. The molecule has 0 spiro atoms. The van der Waals surface area contributed by atoms with Crippen molar-refractivity contribution < 1.29 is 9.59 Å². The summed E-state index contributed by atoms with van der Waals surface area (Å²) in [6.45, 7) is 4.14. The van der Waals surface area contributed by atoms with Crippen LogP contribution in [0.3, 0.4) is 0 Å². The number of hydrogen-bond donors (Lipinski definition) is 2. The van der Waals surface area contributed by atoms with Gasteiger partial charge in [-0.25, -0.2) is 9.97 Å². The third-order valence-corrected chi connectivity index (χ3v) is 4.14. The smallest absolute Gasteiger partial charge is 0.258 e. The normalized spacial score (nSPS) is 10.3. The van der Waals surface area contributed by atoms with Crippen LogP contribution in [-0.2, 0) is 6.54 Å². The average molecular weight is 360 g/mol. The van der Waals surface area contributed by atoms with E-state index in [9.17, 15) is 9.59 Å². The van der Waals surface area contributed by atoms with E-state index < -0.39 is 0 Å². The fourth-order valence-corrected chi connectivity index (χ4v) is 2.54. The molecular formula is C21H20N4O2. The Morgan fingerprint density at radius 3 is 2.41 bits per heavy atom. The number of carbonyl (C=O) groups excluding carboxylic acids is 2. The largest absolute Gasteiger partial charge is 0.350 e. The maximum atomic E-state index is 12.3. The van der Waals surface area contributed by atoms with Gasteiger partial charge in [-0.2, -0.15) is 0 Å². The Morgan fingerprint density at radius 1 is 0.963 bits per heavy atom. The van der Waals surface area contributed by atoms with Crippen LogP contribution < -0.4 is 10.6 Å². The highest BCUT2D eigenvalue weighted by Crippen LogP contribution is 2.13. The zero-order chi connectivity index (χ0) is 19.2. The molecule has 0 atom stereocenters. The maximum absolute atomic E-state index is 12.3.